The van der Waals surface area contributed by atoms with E-state index in [4.69, 9.17) is 4.74 Å². The number of thiophene rings is 1. The number of hydrogen-bond acceptors (Lipinski definition) is 6. The number of aromatic hydroxyl groups is 1. The molecule has 1 saturated heterocycles. The van der Waals surface area contributed by atoms with E-state index >= 15 is 0 Å². The van der Waals surface area contributed by atoms with Crippen molar-refractivity contribution in [2.75, 3.05) is 6.61 Å². The van der Waals surface area contributed by atoms with Crippen LogP contribution in [-0.4, -0.2) is 40.5 Å². The number of alkyl halides is 3. The molecule has 4 N–H and O–H groups in total. The van der Waals surface area contributed by atoms with Crippen LogP contribution in [0.25, 0.3) is 0 Å². The number of ketones is 1. The van der Waals surface area contributed by atoms with Gasteiger partial charge >= 0.3 is 12.2 Å². The van der Waals surface area contributed by atoms with E-state index in [1.807, 2.05) is 0 Å². The molecule has 2 amide bonds. The van der Waals surface area contributed by atoms with Crippen molar-refractivity contribution in [3.8, 4) is 11.5 Å². The van der Waals surface area contributed by atoms with Gasteiger partial charge in [0.15, 0.2) is 17.3 Å². The summed E-state index contributed by atoms with van der Waals surface area (Å²) in [5.74, 6) is -3.42. The second-order valence-electron chi connectivity index (χ2n) is 6.32. The van der Waals surface area contributed by atoms with Gasteiger partial charge in [-0.1, -0.05) is 12.1 Å². The first-order valence-corrected chi connectivity index (χ1v) is 9.37. The summed E-state index contributed by atoms with van der Waals surface area (Å²) in [5, 5.41) is 25.6. The minimum absolute atomic E-state index is 0.00978. The Bertz CT molecular complexity index is 919. The van der Waals surface area contributed by atoms with Gasteiger partial charge in [-0.25, -0.2) is 4.79 Å². The highest BCUT2D eigenvalue weighted by atomic mass is 32.1. The van der Waals surface area contributed by atoms with Gasteiger partial charge in [0.1, 0.15) is 5.92 Å². The van der Waals surface area contributed by atoms with E-state index in [0.29, 0.717) is 0 Å². The highest BCUT2D eigenvalue weighted by Gasteiger charge is 2.66. The molecule has 1 aromatic heterocycles. The van der Waals surface area contributed by atoms with Crippen molar-refractivity contribution in [1.82, 2.24) is 10.6 Å². The van der Waals surface area contributed by atoms with E-state index in [0.717, 1.165) is 11.3 Å². The lowest BCUT2D eigenvalue weighted by molar-refractivity contribution is -0.287. The van der Waals surface area contributed by atoms with Crippen LogP contribution in [0.4, 0.5) is 18.0 Å². The Balaban J connectivity index is 2.15. The monoisotopic (exact) mass is 430 g/mol. The van der Waals surface area contributed by atoms with E-state index in [-0.39, 0.29) is 28.5 Å². The first kappa shape index (κ1) is 20.9. The first-order valence-electron chi connectivity index (χ1n) is 8.49. The van der Waals surface area contributed by atoms with Crippen LogP contribution >= 0.6 is 11.3 Å². The van der Waals surface area contributed by atoms with Gasteiger partial charge in [-0.2, -0.15) is 13.2 Å². The fourth-order valence-corrected chi connectivity index (χ4v) is 3.89. The number of halogens is 3. The third-order valence-corrected chi connectivity index (χ3v) is 5.38. The number of Topliss-reactive ketones (excluding diaryl/α,β-unsaturated/α-hetero) is 1. The zero-order valence-corrected chi connectivity index (χ0v) is 15.8. The Morgan fingerprint density at radius 3 is 2.66 bits per heavy atom. The largest absolute Gasteiger partial charge is 0.504 e. The van der Waals surface area contributed by atoms with E-state index in [2.05, 4.69) is 5.32 Å². The number of amides is 2. The topological polar surface area (TPSA) is 108 Å². The number of nitrogens with one attached hydrogen (secondary N) is 2. The molecule has 1 fully saturated rings. The van der Waals surface area contributed by atoms with Crippen molar-refractivity contribution in [2.24, 2.45) is 5.92 Å². The number of ether oxygens (including phenoxy) is 1. The predicted octanol–water partition coefficient (Wildman–Crippen LogP) is 2.96. The van der Waals surface area contributed by atoms with Crippen molar-refractivity contribution in [3.63, 3.8) is 0 Å². The summed E-state index contributed by atoms with van der Waals surface area (Å²) in [6.07, 6.45) is -5.33. The molecule has 3 atom stereocenters. The Morgan fingerprint density at radius 1 is 1.34 bits per heavy atom. The average molecular weight is 430 g/mol. The SMILES string of the molecule is CCOc1cc([C@@H]2NC(=O)N[C@@](O)(C(F)(F)F)[C@@H]2C(=O)c2cccs2)ccc1O. The van der Waals surface area contributed by atoms with Crippen LogP contribution in [0.3, 0.4) is 0 Å². The van der Waals surface area contributed by atoms with Crippen molar-refractivity contribution >= 4 is 23.2 Å². The number of rotatable bonds is 5. The summed E-state index contributed by atoms with van der Waals surface area (Å²) in [6, 6.07) is 3.64. The first-order chi connectivity index (χ1) is 13.6. The summed E-state index contributed by atoms with van der Waals surface area (Å²) in [5.41, 5.74) is -3.75. The third kappa shape index (κ3) is 3.75. The van der Waals surface area contributed by atoms with Crippen LogP contribution in [0, 0.1) is 5.92 Å². The molecule has 3 rings (SSSR count). The molecule has 2 aromatic rings. The standard InChI is InChI=1S/C18H17F3N2O5S/c1-2-28-11-8-9(5-6-10(11)24)14-13(15(25)12-4-3-7-29-12)17(27,18(19,20)21)23-16(26)22-14/h3-8,13-14,24,27H,2H2,1H3,(H2,22,23,26)/t13-,14-,17-/m0/s1. The molecule has 1 aromatic carbocycles. The number of benzene rings is 1. The van der Waals surface area contributed by atoms with Gasteiger partial charge in [0, 0.05) is 0 Å². The molecule has 0 unspecified atom stereocenters. The Labute approximate surface area is 167 Å². The Kier molecular flexibility index (Phi) is 5.46. The van der Waals surface area contributed by atoms with Crippen LogP contribution in [0.1, 0.15) is 28.2 Å². The zero-order chi connectivity index (χ0) is 21.4. The maximum absolute atomic E-state index is 13.8. The van der Waals surface area contributed by atoms with Gasteiger partial charge in [0.25, 0.3) is 0 Å². The fraction of sp³-hybridized carbons (Fsp3) is 0.333. The van der Waals surface area contributed by atoms with E-state index in [9.17, 15) is 33.0 Å². The van der Waals surface area contributed by atoms with Crippen LogP contribution < -0.4 is 15.4 Å². The highest BCUT2D eigenvalue weighted by molar-refractivity contribution is 7.12. The predicted molar refractivity (Wildman–Crippen MR) is 96.8 cm³/mol. The van der Waals surface area contributed by atoms with Gasteiger partial charge < -0.3 is 25.6 Å². The fourth-order valence-electron chi connectivity index (χ4n) is 3.18. The average Bonchev–Trinajstić information content (AvgIpc) is 3.16. The maximum Gasteiger partial charge on any atom is 0.437 e. The van der Waals surface area contributed by atoms with Gasteiger partial charge in [0.05, 0.1) is 17.5 Å². The van der Waals surface area contributed by atoms with Crippen LogP contribution in [0.2, 0.25) is 0 Å². The molecule has 7 nitrogen and oxygen atoms in total. The second kappa shape index (κ2) is 7.56. The van der Waals surface area contributed by atoms with E-state index in [1.165, 1.54) is 41.0 Å². The quantitative estimate of drug-likeness (QED) is 0.546. The van der Waals surface area contributed by atoms with Crippen molar-refractivity contribution in [2.45, 2.75) is 24.9 Å². The lowest BCUT2D eigenvalue weighted by atomic mass is 9.78. The second-order valence-corrected chi connectivity index (χ2v) is 7.27. The smallest absolute Gasteiger partial charge is 0.437 e. The van der Waals surface area contributed by atoms with Gasteiger partial charge in [-0.05, 0) is 36.1 Å². The number of carbonyl (C=O) groups is 2. The molecule has 1 aliphatic heterocycles. The number of hydrogen-bond donors (Lipinski definition) is 4. The summed E-state index contributed by atoms with van der Waals surface area (Å²) < 4.78 is 46.6. The van der Waals surface area contributed by atoms with Gasteiger partial charge in [0.2, 0.25) is 5.72 Å². The molecule has 1 aliphatic rings. The van der Waals surface area contributed by atoms with Crippen LogP contribution in [0.15, 0.2) is 35.7 Å². The Hall–Kier alpha value is -2.79. The number of aliphatic hydroxyl groups is 1. The molecular formula is C18H17F3N2O5S. The molecule has 2 heterocycles. The van der Waals surface area contributed by atoms with E-state index in [1.54, 1.807) is 6.92 Å². The molecule has 0 saturated carbocycles. The van der Waals surface area contributed by atoms with Crippen molar-refractivity contribution in [3.05, 3.63) is 46.2 Å². The molecule has 29 heavy (non-hydrogen) atoms. The molecule has 0 aliphatic carbocycles. The van der Waals surface area contributed by atoms with Gasteiger partial charge in [-0.15, -0.1) is 11.3 Å². The minimum atomic E-state index is -5.33. The summed E-state index contributed by atoms with van der Waals surface area (Å²) in [4.78, 5) is 24.9. The lowest BCUT2D eigenvalue weighted by Crippen LogP contribution is -2.72. The zero-order valence-electron chi connectivity index (χ0n) is 15.0. The van der Waals surface area contributed by atoms with Crippen molar-refractivity contribution < 1.29 is 37.7 Å². The lowest BCUT2D eigenvalue weighted by Gasteiger charge is -2.44. The van der Waals surface area contributed by atoms with Crippen LogP contribution in [-0.2, 0) is 0 Å². The van der Waals surface area contributed by atoms with Crippen molar-refractivity contribution in [1.29, 1.82) is 0 Å². The molecular weight excluding hydrogens is 413 g/mol. The Morgan fingerprint density at radius 2 is 2.07 bits per heavy atom. The normalized spacial score (nSPS) is 24.5. The molecule has 0 radical (unpaired) electrons. The molecule has 0 spiro atoms. The molecule has 156 valence electrons. The summed E-state index contributed by atoms with van der Waals surface area (Å²) in [6.45, 7) is 1.81. The third-order valence-electron chi connectivity index (χ3n) is 4.50. The minimum Gasteiger partial charge on any atom is -0.504 e. The summed E-state index contributed by atoms with van der Waals surface area (Å²) >= 11 is 0.915. The highest BCUT2D eigenvalue weighted by Crippen LogP contribution is 2.45. The number of phenols is 1. The van der Waals surface area contributed by atoms with Crippen LogP contribution in [0.5, 0.6) is 11.5 Å². The summed E-state index contributed by atoms with van der Waals surface area (Å²) in [7, 11) is 0. The molecule has 0 bridgehead atoms. The number of phenolic OH excluding ortho intramolecular Hbond substituents is 1. The molecule has 11 heteroatoms. The van der Waals surface area contributed by atoms with Gasteiger partial charge in [-0.3, -0.25) is 4.79 Å². The number of carbonyl (C=O) groups excluding carboxylic acids is 2. The van der Waals surface area contributed by atoms with E-state index < -0.39 is 35.7 Å². The maximum atomic E-state index is 13.8. The number of urea groups is 1.